The van der Waals surface area contributed by atoms with E-state index in [9.17, 15) is 14.4 Å². The first kappa shape index (κ1) is 68.1. The Bertz CT molecular complexity index is 1470. The highest BCUT2D eigenvalue weighted by Gasteiger charge is 2.19. The van der Waals surface area contributed by atoms with Gasteiger partial charge in [-0.3, -0.25) is 14.4 Å². The van der Waals surface area contributed by atoms with Gasteiger partial charge in [0.25, 0.3) is 0 Å². The quantitative estimate of drug-likeness (QED) is 0.0261. The van der Waals surface area contributed by atoms with E-state index in [4.69, 9.17) is 14.2 Å². The maximum Gasteiger partial charge on any atom is 0.306 e. The molecule has 0 aromatic carbocycles. The van der Waals surface area contributed by atoms with Gasteiger partial charge in [-0.2, -0.15) is 0 Å². The molecule has 0 heterocycles. The molecule has 0 saturated heterocycles. The number of hydrogen-bond acceptors (Lipinski definition) is 6. The Balaban J connectivity index is 4.43. The molecule has 0 saturated carbocycles. The fraction of sp³-hybridized carbons (Fsp3) is 0.682. The molecule has 0 fully saturated rings. The Labute approximate surface area is 444 Å². The van der Waals surface area contributed by atoms with Crippen LogP contribution in [0.3, 0.4) is 0 Å². The molecular weight excluding hydrogens is 889 g/mol. The Morgan fingerprint density at radius 2 is 0.569 bits per heavy atom. The van der Waals surface area contributed by atoms with E-state index in [0.29, 0.717) is 19.3 Å². The monoisotopic (exact) mass is 999 g/mol. The van der Waals surface area contributed by atoms with Crippen LogP contribution in [0.25, 0.3) is 0 Å². The normalized spacial score (nSPS) is 12.9. The molecule has 0 rings (SSSR count). The Hall–Kier alpha value is -3.93. The molecule has 0 amide bonds. The summed E-state index contributed by atoms with van der Waals surface area (Å²) in [5.41, 5.74) is 0. The van der Waals surface area contributed by atoms with Crippen molar-refractivity contribution < 1.29 is 28.6 Å². The van der Waals surface area contributed by atoms with Crippen LogP contribution in [0.1, 0.15) is 271 Å². The number of rotatable bonds is 53. The van der Waals surface area contributed by atoms with Crippen LogP contribution in [-0.2, 0) is 28.6 Å². The smallest absolute Gasteiger partial charge is 0.306 e. The van der Waals surface area contributed by atoms with Crippen LogP contribution < -0.4 is 0 Å². The number of unbranched alkanes of at least 4 members (excludes halogenated alkanes) is 24. The van der Waals surface area contributed by atoms with Crippen molar-refractivity contribution in [3.05, 3.63) is 109 Å². The highest BCUT2D eigenvalue weighted by molar-refractivity contribution is 5.71. The van der Waals surface area contributed by atoms with E-state index in [1.807, 2.05) is 0 Å². The zero-order chi connectivity index (χ0) is 52.2. The number of hydrogen-bond donors (Lipinski definition) is 0. The molecule has 0 N–H and O–H groups in total. The van der Waals surface area contributed by atoms with Crippen LogP contribution in [0, 0.1) is 0 Å². The average Bonchev–Trinajstić information content (AvgIpc) is 3.38. The number of ether oxygens (including phenoxy) is 3. The maximum absolute atomic E-state index is 12.8. The second-order valence-electron chi connectivity index (χ2n) is 19.5. The third-order valence-electron chi connectivity index (χ3n) is 12.5. The van der Waals surface area contributed by atoms with Crippen molar-refractivity contribution >= 4 is 17.9 Å². The lowest BCUT2D eigenvalue weighted by atomic mass is 10.0. The molecule has 0 aromatic heterocycles. The van der Waals surface area contributed by atoms with E-state index < -0.39 is 6.10 Å². The van der Waals surface area contributed by atoms with Gasteiger partial charge >= 0.3 is 17.9 Å². The number of esters is 3. The first-order valence-corrected chi connectivity index (χ1v) is 29.9. The first-order valence-electron chi connectivity index (χ1n) is 29.9. The Morgan fingerprint density at radius 3 is 0.931 bits per heavy atom. The topological polar surface area (TPSA) is 78.9 Å². The largest absolute Gasteiger partial charge is 0.462 e. The van der Waals surface area contributed by atoms with Crippen LogP contribution in [0.15, 0.2) is 109 Å². The van der Waals surface area contributed by atoms with E-state index in [1.165, 1.54) is 116 Å². The van der Waals surface area contributed by atoms with Gasteiger partial charge in [-0.05, 0) is 116 Å². The SMILES string of the molecule is CC/C=C\C/C=C\C/C=C\C/C=C\C/C=C\CCCC(=O)OC(COC(=O)CCCCCCC/C=C\C/C=C\CCCC)COC(=O)CCCCCCCCCCCCC/C=C\C/C=C\CCCCCCC. The summed E-state index contributed by atoms with van der Waals surface area (Å²) in [6.07, 6.45) is 80.9. The minimum absolute atomic E-state index is 0.107. The Kier molecular flexibility index (Phi) is 56.4. The van der Waals surface area contributed by atoms with Crippen LogP contribution >= 0.6 is 0 Å². The van der Waals surface area contributed by atoms with E-state index in [1.54, 1.807) is 0 Å². The van der Waals surface area contributed by atoms with Gasteiger partial charge in [0.15, 0.2) is 6.10 Å². The molecule has 0 spiro atoms. The van der Waals surface area contributed by atoms with Gasteiger partial charge in [-0.25, -0.2) is 0 Å². The Morgan fingerprint density at radius 1 is 0.292 bits per heavy atom. The van der Waals surface area contributed by atoms with Gasteiger partial charge in [0, 0.05) is 19.3 Å². The molecule has 72 heavy (non-hydrogen) atoms. The van der Waals surface area contributed by atoms with Crippen molar-refractivity contribution in [1.82, 2.24) is 0 Å². The van der Waals surface area contributed by atoms with Gasteiger partial charge in [-0.15, -0.1) is 0 Å². The van der Waals surface area contributed by atoms with Crippen molar-refractivity contribution in [2.45, 2.75) is 277 Å². The van der Waals surface area contributed by atoms with Crippen molar-refractivity contribution in [2.24, 2.45) is 0 Å². The fourth-order valence-electron chi connectivity index (χ4n) is 8.00. The maximum atomic E-state index is 12.8. The van der Waals surface area contributed by atoms with Crippen molar-refractivity contribution in [3.8, 4) is 0 Å². The van der Waals surface area contributed by atoms with Gasteiger partial charge in [0.1, 0.15) is 13.2 Å². The predicted octanol–water partition coefficient (Wildman–Crippen LogP) is 20.3. The van der Waals surface area contributed by atoms with Gasteiger partial charge in [-0.1, -0.05) is 246 Å². The number of carbonyl (C=O) groups is 3. The summed E-state index contributed by atoms with van der Waals surface area (Å²) < 4.78 is 16.8. The molecule has 6 heteroatoms. The molecule has 6 nitrogen and oxygen atoms in total. The highest BCUT2D eigenvalue weighted by atomic mass is 16.6. The molecule has 0 bridgehead atoms. The van der Waals surface area contributed by atoms with Gasteiger partial charge in [0.05, 0.1) is 0 Å². The molecule has 0 aromatic rings. The summed E-state index contributed by atoms with van der Waals surface area (Å²) in [5.74, 6) is -0.981. The van der Waals surface area contributed by atoms with Crippen molar-refractivity contribution in [2.75, 3.05) is 13.2 Å². The minimum Gasteiger partial charge on any atom is -0.462 e. The molecule has 410 valence electrons. The average molecular weight is 1000 g/mol. The van der Waals surface area contributed by atoms with Crippen molar-refractivity contribution in [3.63, 3.8) is 0 Å². The second kappa shape index (κ2) is 59.6. The van der Waals surface area contributed by atoms with Crippen LogP contribution in [0.4, 0.5) is 0 Å². The molecule has 0 aliphatic rings. The van der Waals surface area contributed by atoms with Gasteiger partial charge in [0.2, 0.25) is 0 Å². The van der Waals surface area contributed by atoms with Crippen LogP contribution in [0.5, 0.6) is 0 Å². The lowest BCUT2D eigenvalue weighted by Crippen LogP contribution is -2.30. The first-order chi connectivity index (χ1) is 35.5. The lowest BCUT2D eigenvalue weighted by Gasteiger charge is -2.18. The van der Waals surface area contributed by atoms with Crippen molar-refractivity contribution in [1.29, 1.82) is 0 Å². The second-order valence-corrected chi connectivity index (χ2v) is 19.5. The molecule has 0 aliphatic carbocycles. The summed E-state index contributed by atoms with van der Waals surface area (Å²) in [6, 6.07) is 0. The summed E-state index contributed by atoms with van der Waals surface area (Å²) >= 11 is 0. The zero-order valence-electron chi connectivity index (χ0n) is 46.9. The van der Waals surface area contributed by atoms with E-state index in [2.05, 4.69) is 130 Å². The summed E-state index contributed by atoms with van der Waals surface area (Å²) in [6.45, 7) is 6.42. The van der Waals surface area contributed by atoms with E-state index in [0.717, 1.165) is 109 Å². The fourth-order valence-corrected chi connectivity index (χ4v) is 8.00. The molecule has 0 aliphatic heterocycles. The third kappa shape index (κ3) is 57.0. The third-order valence-corrected chi connectivity index (χ3v) is 12.5. The minimum atomic E-state index is -0.817. The number of carbonyl (C=O) groups excluding carboxylic acids is 3. The van der Waals surface area contributed by atoms with Gasteiger partial charge < -0.3 is 14.2 Å². The summed E-state index contributed by atoms with van der Waals surface area (Å²) in [5, 5.41) is 0. The number of allylic oxidation sites excluding steroid dienone is 18. The zero-order valence-corrected chi connectivity index (χ0v) is 46.9. The standard InChI is InChI=1S/C66H110O6/c1-4-7-10-13-16-19-22-25-28-30-31-32-33-34-35-37-38-41-44-47-50-53-56-59-65(68)71-62-63(61-70-64(67)58-55-52-49-46-43-40-27-24-21-18-15-12-9-6-3)72-66(69)60-57-54-51-48-45-42-39-36-29-26-23-20-17-14-11-8-5-2/h8,11,15,17-18,20,22,24-27,29-31,39,42,48,51,63H,4-7,9-10,12-14,16,19,21,23,28,32-38,40-41,43-47,49-50,52-62H2,1-3H3/b11-8-,18-15-,20-17-,25-22-,27-24-,29-26-,31-30-,42-39-,51-48-. The van der Waals surface area contributed by atoms with E-state index >= 15 is 0 Å². The lowest BCUT2D eigenvalue weighted by molar-refractivity contribution is -0.167. The molecule has 1 unspecified atom stereocenters. The van der Waals surface area contributed by atoms with Crippen LogP contribution in [-0.4, -0.2) is 37.2 Å². The summed E-state index contributed by atoms with van der Waals surface area (Å²) in [7, 11) is 0. The highest BCUT2D eigenvalue weighted by Crippen LogP contribution is 2.15. The molecular formula is C66H110O6. The summed E-state index contributed by atoms with van der Waals surface area (Å²) in [4.78, 5) is 38.2. The molecule has 0 radical (unpaired) electrons. The predicted molar refractivity (Wildman–Crippen MR) is 311 cm³/mol. The van der Waals surface area contributed by atoms with Crippen LogP contribution in [0.2, 0.25) is 0 Å². The van der Waals surface area contributed by atoms with E-state index in [-0.39, 0.29) is 37.5 Å². The molecule has 1 atom stereocenters.